The number of thioether (sulfide) groups is 1. The van der Waals surface area contributed by atoms with Crippen molar-refractivity contribution in [2.24, 2.45) is 0 Å². The summed E-state index contributed by atoms with van der Waals surface area (Å²) in [5.41, 5.74) is 0.962. The molecule has 0 unspecified atom stereocenters. The lowest BCUT2D eigenvalue weighted by atomic mass is 10.1. The van der Waals surface area contributed by atoms with Gasteiger partial charge in [-0.2, -0.15) is 0 Å². The van der Waals surface area contributed by atoms with Gasteiger partial charge in [-0.25, -0.2) is 4.98 Å². The van der Waals surface area contributed by atoms with E-state index < -0.39 is 12.0 Å². The van der Waals surface area contributed by atoms with E-state index in [1.165, 1.54) is 10.5 Å². The smallest absolute Gasteiger partial charge is 0.308 e. The van der Waals surface area contributed by atoms with Gasteiger partial charge in [-0.1, -0.05) is 43.4 Å². The lowest BCUT2D eigenvalue weighted by molar-refractivity contribution is -0.145. The zero-order valence-corrected chi connectivity index (χ0v) is 22.6. The third-order valence-electron chi connectivity index (χ3n) is 6.22. The zero-order valence-electron chi connectivity index (χ0n) is 21.0. The van der Waals surface area contributed by atoms with Crippen LogP contribution >= 0.6 is 24.0 Å². The molecule has 37 heavy (non-hydrogen) atoms. The number of fused-ring (bicyclic) bond motifs is 1. The predicted molar refractivity (Wildman–Crippen MR) is 146 cm³/mol. The number of aryl methyl sites for hydroxylation is 1. The number of carbonyl (C=O) groups is 3. The molecule has 0 saturated carbocycles. The number of rotatable bonds is 8. The molecule has 0 spiro atoms. The van der Waals surface area contributed by atoms with Crippen LogP contribution in [-0.2, 0) is 19.1 Å². The summed E-state index contributed by atoms with van der Waals surface area (Å²) in [6.07, 6.45) is 4.65. The minimum Gasteiger partial charge on any atom is -0.466 e. The van der Waals surface area contributed by atoms with Crippen LogP contribution in [-0.4, -0.2) is 68.7 Å². The number of thiocarbonyl (C=S) groups is 1. The quantitative estimate of drug-likeness (QED) is 0.304. The molecule has 2 aliphatic heterocycles. The minimum absolute atomic E-state index is 0.155. The van der Waals surface area contributed by atoms with Crippen LogP contribution in [0.5, 0.6) is 0 Å². The molecule has 2 fully saturated rings. The van der Waals surface area contributed by atoms with E-state index in [0.717, 1.165) is 30.2 Å². The fourth-order valence-electron chi connectivity index (χ4n) is 4.33. The van der Waals surface area contributed by atoms with Gasteiger partial charge in [0.15, 0.2) is 0 Å². The molecule has 1 atom stereocenters. The summed E-state index contributed by atoms with van der Waals surface area (Å²) >= 11 is 6.57. The maximum absolute atomic E-state index is 13.8. The number of unbranched alkanes of at least 4 members (excludes halogenated alkanes) is 1. The summed E-state index contributed by atoms with van der Waals surface area (Å²) < 4.78 is 6.95. The molecule has 0 aromatic carbocycles. The van der Waals surface area contributed by atoms with Crippen molar-refractivity contribution in [3.8, 4) is 0 Å². The van der Waals surface area contributed by atoms with Crippen LogP contribution in [0, 0.1) is 6.92 Å². The molecule has 0 aliphatic carbocycles. The van der Waals surface area contributed by atoms with Gasteiger partial charge in [0.2, 0.25) is 5.91 Å². The van der Waals surface area contributed by atoms with Crippen molar-refractivity contribution in [1.29, 1.82) is 0 Å². The lowest BCUT2D eigenvalue weighted by Crippen LogP contribution is -2.57. The first-order valence-corrected chi connectivity index (χ1v) is 13.5. The lowest BCUT2D eigenvalue weighted by Gasteiger charge is -2.36. The van der Waals surface area contributed by atoms with Crippen LogP contribution in [0.2, 0.25) is 0 Å². The van der Waals surface area contributed by atoms with Gasteiger partial charge in [0.25, 0.3) is 11.5 Å². The number of amides is 2. The highest BCUT2D eigenvalue weighted by atomic mass is 32.2. The summed E-state index contributed by atoms with van der Waals surface area (Å²) in [5.74, 6) is -0.908. The van der Waals surface area contributed by atoms with Gasteiger partial charge in [-0.05, 0) is 38.0 Å². The van der Waals surface area contributed by atoms with Crippen molar-refractivity contribution in [3.63, 3.8) is 0 Å². The van der Waals surface area contributed by atoms with Crippen molar-refractivity contribution in [3.05, 3.63) is 44.7 Å². The SMILES string of the molecule is CCCCN1C(=O)/C(=C/c2c(N3CCNC(=O)[C@H]3CC(=O)OCC)nc3c(C)cccn3c2=O)SC1=S. The molecule has 2 aliphatic rings. The van der Waals surface area contributed by atoms with Crippen molar-refractivity contribution >= 4 is 63.6 Å². The first-order valence-electron chi connectivity index (χ1n) is 12.2. The fourth-order valence-corrected chi connectivity index (χ4v) is 5.63. The number of esters is 1. The largest absolute Gasteiger partial charge is 0.466 e. The highest BCUT2D eigenvalue weighted by Crippen LogP contribution is 2.34. The average Bonchev–Trinajstić information content (AvgIpc) is 3.13. The van der Waals surface area contributed by atoms with E-state index in [0.29, 0.717) is 34.5 Å². The molecule has 10 nitrogen and oxygen atoms in total. The van der Waals surface area contributed by atoms with Gasteiger partial charge >= 0.3 is 5.97 Å². The number of nitrogens with one attached hydrogen (secondary N) is 1. The van der Waals surface area contributed by atoms with Crippen LogP contribution in [0.25, 0.3) is 11.7 Å². The number of pyridine rings is 1. The molecular formula is C25H29N5O5S2. The summed E-state index contributed by atoms with van der Waals surface area (Å²) in [5, 5.41) is 2.78. The van der Waals surface area contributed by atoms with Gasteiger partial charge < -0.3 is 15.0 Å². The van der Waals surface area contributed by atoms with Crippen LogP contribution < -0.4 is 15.8 Å². The minimum atomic E-state index is -0.919. The van der Waals surface area contributed by atoms with E-state index in [-0.39, 0.29) is 41.8 Å². The van der Waals surface area contributed by atoms with Crippen molar-refractivity contribution in [2.75, 3.05) is 31.1 Å². The highest BCUT2D eigenvalue weighted by Gasteiger charge is 2.36. The van der Waals surface area contributed by atoms with E-state index in [2.05, 4.69) is 5.32 Å². The first-order chi connectivity index (χ1) is 17.8. The Morgan fingerprint density at radius 3 is 2.84 bits per heavy atom. The number of aromatic nitrogens is 2. The Morgan fingerprint density at radius 1 is 1.32 bits per heavy atom. The normalized spacial score (nSPS) is 19.2. The standard InChI is InChI=1S/C25H29N5O5S2/c1-4-6-10-30-24(34)18(37-25(30)36)13-16-21(27-20-15(3)8-7-11-29(20)23(16)33)28-12-9-26-22(32)17(28)14-19(31)35-5-2/h7-8,11,13,17H,4-6,9-10,12,14H2,1-3H3,(H,26,32)/b18-13-/t17-/m1/s1. The van der Waals surface area contributed by atoms with Crippen LogP contribution in [0.15, 0.2) is 28.0 Å². The van der Waals surface area contributed by atoms with Crippen molar-refractivity contribution in [2.45, 2.75) is 46.1 Å². The number of piperazine rings is 1. The molecule has 0 bridgehead atoms. The summed E-state index contributed by atoms with van der Waals surface area (Å²) in [7, 11) is 0. The predicted octanol–water partition coefficient (Wildman–Crippen LogP) is 2.26. The molecule has 196 valence electrons. The molecule has 4 rings (SSSR count). The Kier molecular flexibility index (Phi) is 8.28. The van der Waals surface area contributed by atoms with E-state index in [9.17, 15) is 19.2 Å². The molecule has 4 heterocycles. The Labute approximate surface area is 224 Å². The van der Waals surface area contributed by atoms with E-state index in [1.807, 2.05) is 19.9 Å². The van der Waals surface area contributed by atoms with Crippen LogP contribution in [0.3, 0.4) is 0 Å². The molecular weight excluding hydrogens is 514 g/mol. The van der Waals surface area contributed by atoms with Gasteiger partial charge in [-0.15, -0.1) is 0 Å². The monoisotopic (exact) mass is 543 g/mol. The Balaban J connectivity index is 1.87. The number of anilines is 1. The number of hydrogen-bond donors (Lipinski definition) is 1. The third-order valence-corrected chi connectivity index (χ3v) is 7.59. The second-order valence-electron chi connectivity index (χ2n) is 8.74. The van der Waals surface area contributed by atoms with Gasteiger partial charge in [-0.3, -0.25) is 28.5 Å². The molecule has 2 amide bonds. The second-order valence-corrected chi connectivity index (χ2v) is 10.4. The molecule has 2 aromatic heterocycles. The Hall–Kier alpha value is -3.25. The van der Waals surface area contributed by atoms with Gasteiger partial charge in [0.05, 0.1) is 23.5 Å². The zero-order chi connectivity index (χ0) is 26.7. The first kappa shape index (κ1) is 26.8. The van der Waals surface area contributed by atoms with E-state index >= 15 is 0 Å². The van der Waals surface area contributed by atoms with Gasteiger partial charge in [0.1, 0.15) is 21.8 Å². The Bertz CT molecular complexity index is 1350. The molecule has 2 saturated heterocycles. The molecule has 2 aromatic rings. The molecule has 12 heteroatoms. The number of nitrogens with zero attached hydrogens (tertiary/aromatic N) is 4. The number of ether oxygens (including phenoxy) is 1. The highest BCUT2D eigenvalue weighted by molar-refractivity contribution is 8.26. The van der Waals surface area contributed by atoms with Gasteiger partial charge in [0, 0.05) is 25.8 Å². The van der Waals surface area contributed by atoms with Crippen LogP contribution in [0.1, 0.15) is 44.2 Å². The maximum atomic E-state index is 13.8. The summed E-state index contributed by atoms with van der Waals surface area (Å²) in [4.78, 5) is 60.5. The second kappa shape index (κ2) is 11.4. The van der Waals surface area contributed by atoms with Crippen LogP contribution in [0.4, 0.5) is 5.82 Å². The van der Waals surface area contributed by atoms with Crippen molar-refractivity contribution in [1.82, 2.24) is 19.6 Å². The average molecular weight is 544 g/mol. The summed E-state index contributed by atoms with van der Waals surface area (Å²) in [6.45, 7) is 6.89. The van der Waals surface area contributed by atoms with E-state index in [1.54, 1.807) is 29.0 Å². The third kappa shape index (κ3) is 5.40. The number of hydrogen-bond acceptors (Lipinski definition) is 9. The Morgan fingerprint density at radius 2 is 2.11 bits per heavy atom. The maximum Gasteiger partial charge on any atom is 0.308 e. The summed E-state index contributed by atoms with van der Waals surface area (Å²) in [6, 6.07) is 2.66. The van der Waals surface area contributed by atoms with Crippen molar-refractivity contribution < 1.29 is 19.1 Å². The molecule has 0 radical (unpaired) electrons. The molecule has 1 N–H and O–H groups in total. The fraction of sp³-hybridized carbons (Fsp3) is 0.440. The van der Waals surface area contributed by atoms with E-state index in [4.69, 9.17) is 21.9 Å². The number of carbonyl (C=O) groups excluding carboxylic acids is 3. The topological polar surface area (TPSA) is 113 Å².